The summed E-state index contributed by atoms with van der Waals surface area (Å²) in [5.74, 6) is 0. The molecule has 0 spiro atoms. The number of hydrogen-bond acceptors (Lipinski definition) is 0. The van der Waals surface area contributed by atoms with Gasteiger partial charge in [0.1, 0.15) is 0 Å². The standard InChI is InChI=1S/C3H4Br/c1-2-3-4/h1,3H2. The van der Waals surface area contributed by atoms with Crippen molar-refractivity contribution in [3.63, 3.8) is 0 Å². The molecular weight excluding hydrogens is 116 g/mol. The van der Waals surface area contributed by atoms with E-state index < -0.39 is 0 Å². The van der Waals surface area contributed by atoms with Crippen LogP contribution in [0.2, 0.25) is 0 Å². The molecule has 1 radical (unpaired) electrons. The average molecular weight is 120 g/mol. The van der Waals surface area contributed by atoms with Gasteiger partial charge in [0.15, 0.2) is 0 Å². The van der Waals surface area contributed by atoms with Crippen molar-refractivity contribution in [2.75, 3.05) is 5.33 Å². The van der Waals surface area contributed by atoms with E-state index in [1.165, 1.54) is 0 Å². The van der Waals surface area contributed by atoms with Crippen LogP contribution < -0.4 is 0 Å². The highest BCUT2D eigenvalue weighted by molar-refractivity contribution is 9.09. The summed E-state index contributed by atoms with van der Waals surface area (Å²) in [4.78, 5) is 0. The number of alkyl halides is 1. The van der Waals surface area contributed by atoms with Crippen molar-refractivity contribution < 1.29 is 0 Å². The van der Waals surface area contributed by atoms with E-state index in [0.717, 1.165) is 5.33 Å². The highest BCUT2D eigenvalue weighted by Crippen LogP contribution is 1.71. The SMILES string of the molecule is C=[C]CBr. The highest BCUT2D eigenvalue weighted by Gasteiger charge is 1.49. The zero-order valence-corrected chi connectivity index (χ0v) is 3.88. The second kappa shape index (κ2) is 3.22. The lowest BCUT2D eigenvalue weighted by Crippen LogP contribution is -1.45. The van der Waals surface area contributed by atoms with Gasteiger partial charge in [-0.3, -0.25) is 0 Å². The Kier molecular flexibility index (Phi) is 3.40. The molecule has 0 saturated heterocycles. The smallest absolute Gasteiger partial charge is 0.0280 e. The second-order valence-electron chi connectivity index (χ2n) is 0.384. The molecule has 0 saturated carbocycles. The summed E-state index contributed by atoms with van der Waals surface area (Å²) < 4.78 is 0. The van der Waals surface area contributed by atoms with E-state index in [0.29, 0.717) is 0 Å². The molecule has 0 amide bonds. The van der Waals surface area contributed by atoms with Gasteiger partial charge >= 0.3 is 0 Å². The summed E-state index contributed by atoms with van der Waals surface area (Å²) >= 11 is 3.07. The van der Waals surface area contributed by atoms with Crippen LogP contribution in [0.15, 0.2) is 6.58 Å². The van der Waals surface area contributed by atoms with Crippen molar-refractivity contribution in [1.29, 1.82) is 0 Å². The van der Waals surface area contributed by atoms with Crippen molar-refractivity contribution in [2.45, 2.75) is 0 Å². The van der Waals surface area contributed by atoms with E-state index in [1.54, 1.807) is 0 Å². The maximum Gasteiger partial charge on any atom is 0.0280 e. The summed E-state index contributed by atoms with van der Waals surface area (Å²) in [6.45, 7) is 3.31. The maximum absolute atomic E-state index is 3.31. The van der Waals surface area contributed by atoms with Crippen LogP contribution in [0.4, 0.5) is 0 Å². The van der Waals surface area contributed by atoms with Gasteiger partial charge in [-0.2, -0.15) is 0 Å². The molecule has 0 fully saturated rings. The number of halogens is 1. The Hall–Kier alpha value is 0.220. The molecule has 0 heterocycles. The Morgan fingerprint density at radius 1 is 2.00 bits per heavy atom. The molecule has 0 aliphatic heterocycles. The van der Waals surface area contributed by atoms with Crippen LogP contribution in [-0.4, -0.2) is 5.33 Å². The van der Waals surface area contributed by atoms with Crippen molar-refractivity contribution in [2.24, 2.45) is 0 Å². The van der Waals surface area contributed by atoms with Crippen LogP contribution in [0.5, 0.6) is 0 Å². The minimum atomic E-state index is 0.771. The third-order valence-electron chi connectivity index (χ3n) is 0.0945. The van der Waals surface area contributed by atoms with Gasteiger partial charge in [0.25, 0.3) is 0 Å². The molecule has 0 rings (SSSR count). The molecule has 1 heteroatoms. The highest BCUT2D eigenvalue weighted by atomic mass is 79.9. The Balaban J connectivity index is 2.30. The normalized spacial score (nSPS) is 6.25. The first-order chi connectivity index (χ1) is 1.91. The third kappa shape index (κ3) is 2.22. The molecule has 0 atom stereocenters. The fourth-order valence-electron chi connectivity index (χ4n) is 0. The summed E-state index contributed by atoms with van der Waals surface area (Å²) in [5, 5.41) is 0.771. The molecule has 0 aromatic rings. The van der Waals surface area contributed by atoms with Crippen LogP contribution in [-0.2, 0) is 0 Å². The van der Waals surface area contributed by atoms with Gasteiger partial charge in [-0.05, 0) is 6.08 Å². The molecule has 0 aliphatic carbocycles. The Bertz CT molecular complexity index is 17.2. The molecule has 0 nitrogen and oxygen atoms in total. The van der Waals surface area contributed by atoms with Gasteiger partial charge in [0.2, 0.25) is 0 Å². The molecule has 0 aromatic carbocycles. The van der Waals surface area contributed by atoms with Crippen molar-refractivity contribution >= 4 is 15.9 Å². The van der Waals surface area contributed by atoms with Crippen LogP contribution in [0.1, 0.15) is 0 Å². The van der Waals surface area contributed by atoms with Crippen molar-refractivity contribution in [3.05, 3.63) is 12.7 Å². The van der Waals surface area contributed by atoms with Gasteiger partial charge in [0.05, 0.1) is 0 Å². The molecule has 23 valence electrons. The van der Waals surface area contributed by atoms with Crippen LogP contribution >= 0.6 is 15.9 Å². The quantitative estimate of drug-likeness (QED) is 0.458. The van der Waals surface area contributed by atoms with E-state index in [1.807, 2.05) is 0 Å². The van der Waals surface area contributed by atoms with E-state index >= 15 is 0 Å². The van der Waals surface area contributed by atoms with E-state index in [-0.39, 0.29) is 0 Å². The first-order valence-corrected chi connectivity index (χ1v) is 2.10. The fraction of sp³-hybridized carbons (Fsp3) is 0.333. The topological polar surface area (TPSA) is 0 Å². The molecule has 4 heavy (non-hydrogen) atoms. The first kappa shape index (κ1) is 4.22. The van der Waals surface area contributed by atoms with Crippen molar-refractivity contribution in [1.82, 2.24) is 0 Å². The van der Waals surface area contributed by atoms with Gasteiger partial charge in [0, 0.05) is 5.33 Å². The molecule has 0 bridgehead atoms. The number of allylic oxidation sites excluding steroid dienone is 1. The van der Waals surface area contributed by atoms with Gasteiger partial charge < -0.3 is 0 Å². The zero-order valence-electron chi connectivity index (χ0n) is 2.29. The van der Waals surface area contributed by atoms with E-state index in [2.05, 4.69) is 28.6 Å². The van der Waals surface area contributed by atoms with Crippen LogP contribution in [0, 0.1) is 6.08 Å². The molecule has 0 aromatic heterocycles. The summed E-state index contributed by atoms with van der Waals surface area (Å²) in [7, 11) is 0. The predicted molar refractivity (Wildman–Crippen MR) is 22.7 cm³/mol. The largest absolute Gasteiger partial charge is 0.0947 e. The maximum atomic E-state index is 3.31. The first-order valence-electron chi connectivity index (χ1n) is 0.974. The van der Waals surface area contributed by atoms with E-state index in [4.69, 9.17) is 0 Å². The van der Waals surface area contributed by atoms with Crippen molar-refractivity contribution in [3.8, 4) is 0 Å². The Morgan fingerprint density at radius 3 is 2.25 bits per heavy atom. The molecule has 0 N–H and O–H groups in total. The molecule has 0 aliphatic rings. The zero-order chi connectivity index (χ0) is 3.41. The van der Waals surface area contributed by atoms with Gasteiger partial charge in [-0.1, -0.05) is 22.5 Å². The Labute approximate surface area is 34.6 Å². The fourth-order valence-corrected chi connectivity index (χ4v) is 0. The second-order valence-corrected chi connectivity index (χ2v) is 0.944. The van der Waals surface area contributed by atoms with Crippen LogP contribution in [0.25, 0.3) is 0 Å². The third-order valence-corrected chi connectivity index (χ3v) is 0.491. The molecule has 0 unspecified atom stereocenters. The summed E-state index contributed by atoms with van der Waals surface area (Å²) in [6, 6.07) is 0. The lowest BCUT2D eigenvalue weighted by molar-refractivity contribution is 1.77. The number of rotatable bonds is 1. The Morgan fingerprint density at radius 2 is 2.25 bits per heavy atom. The lowest BCUT2D eigenvalue weighted by Gasteiger charge is -1.53. The predicted octanol–water partition coefficient (Wildman–Crippen LogP) is 1.37. The van der Waals surface area contributed by atoms with Crippen LogP contribution in [0.3, 0.4) is 0 Å². The van der Waals surface area contributed by atoms with E-state index in [9.17, 15) is 0 Å². The minimum absolute atomic E-state index is 0.771. The lowest BCUT2D eigenvalue weighted by atomic mass is 10.8. The monoisotopic (exact) mass is 119 g/mol. The summed E-state index contributed by atoms with van der Waals surface area (Å²) in [5.41, 5.74) is 0. The average Bonchev–Trinajstić information content (AvgIpc) is 1.37. The van der Waals surface area contributed by atoms with Gasteiger partial charge in [-0.25, -0.2) is 0 Å². The van der Waals surface area contributed by atoms with Gasteiger partial charge in [-0.15, -0.1) is 0 Å². The minimum Gasteiger partial charge on any atom is -0.0947 e. The number of hydrogen-bond donors (Lipinski definition) is 0. The molecular formula is C3H4Br. The summed E-state index contributed by atoms with van der Waals surface area (Å²) in [6.07, 6.45) is 2.60.